The molecule has 2 aromatic carbocycles. The van der Waals surface area contributed by atoms with Gasteiger partial charge in [0.25, 0.3) is 5.91 Å². The van der Waals surface area contributed by atoms with Crippen molar-refractivity contribution in [2.75, 3.05) is 24.5 Å². The van der Waals surface area contributed by atoms with Gasteiger partial charge in [-0.1, -0.05) is 6.07 Å². The number of nitrogens with one attached hydrogen (secondary N) is 1. The normalized spacial score (nSPS) is 15.4. The van der Waals surface area contributed by atoms with Crippen molar-refractivity contribution in [2.24, 2.45) is 0 Å². The Hall–Kier alpha value is -2.47. The molecule has 1 heterocycles. The molecule has 1 saturated heterocycles. The van der Waals surface area contributed by atoms with Gasteiger partial charge in [0.2, 0.25) is 0 Å². The molecule has 1 aliphatic rings. The van der Waals surface area contributed by atoms with Crippen LogP contribution in [0.5, 0.6) is 0 Å². The number of amides is 1. The fourth-order valence-corrected chi connectivity index (χ4v) is 4.05. The maximum absolute atomic E-state index is 13.4. The maximum Gasteiger partial charge on any atom is 0.251 e. The second-order valence-corrected chi connectivity index (χ2v) is 8.20. The van der Waals surface area contributed by atoms with Crippen LogP contribution in [-0.2, 0) is 6.54 Å². The van der Waals surface area contributed by atoms with E-state index in [2.05, 4.69) is 35.9 Å². The van der Waals surface area contributed by atoms with E-state index in [4.69, 9.17) is 0 Å². The highest BCUT2D eigenvalue weighted by atomic mass is 19.2. The van der Waals surface area contributed by atoms with Crippen molar-refractivity contribution < 1.29 is 13.6 Å². The first-order valence-corrected chi connectivity index (χ1v) is 10.7. The summed E-state index contributed by atoms with van der Waals surface area (Å²) >= 11 is 0. The molecule has 1 N–H and O–H groups in total. The third-order valence-corrected chi connectivity index (χ3v) is 5.74. The lowest BCUT2D eigenvalue weighted by atomic mass is 10.0. The van der Waals surface area contributed by atoms with Crippen LogP contribution in [0.2, 0.25) is 0 Å². The van der Waals surface area contributed by atoms with Crippen molar-refractivity contribution in [3.05, 3.63) is 65.2 Å². The number of piperidine rings is 1. The van der Waals surface area contributed by atoms with Crippen LogP contribution in [0.4, 0.5) is 14.5 Å². The van der Waals surface area contributed by atoms with Gasteiger partial charge in [-0.25, -0.2) is 8.78 Å². The number of nitrogens with zero attached hydrogens (tertiary/aromatic N) is 2. The monoisotopic (exact) mass is 415 g/mol. The average molecular weight is 416 g/mol. The minimum Gasteiger partial charge on any atom is -0.369 e. The molecule has 0 radical (unpaired) electrons. The van der Waals surface area contributed by atoms with E-state index in [-0.39, 0.29) is 11.9 Å². The number of likely N-dealkylation sites (tertiary alicyclic amines) is 1. The van der Waals surface area contributed by atoms with Gasteiger partial charge in [0, 0.05) is 49.5 Å². The Kier molecular flexibility index (Phi) is 7.43. The van der Waals surface area contributed by atoms with Gasteiger partial charge in [-0.3, -0.25) is 9.69 Å². The Morgan fingerprint density at radius 2 is 1.77 bits per heavy atom. The minimum atomic E-state index is -0.820. The third-order valence-electron chi connectivity index (χ3n) is 5.74. The largest absolute Gasteiger partial charge is 0.369 e. The molecule has 4 nitrogen and oxygen atoms in total. The van der Waals surface area contributed by atoms with Crippen LogP contribution in [0, 0.1) is 11.6 Å². The van der Waals surface area contributed by atoms with E-state index < -0.39 is 11.6 Å². The van der Waals surface area contributed by atoms with Crippen molar-refractivity contribution in [3.63, 3.8) is 0 Å². The standard InChI is InChI=1S/C24H31F2N3O/c1-4-29(17(2)3)21-8-6-19(7-9-21)24(30)27-20-11-13-28(14-12-20)16-18-5-10-22(25)23(26)15-18/h5-10,15,17,20H,4,11-14,16H2,1-3H3,(H,27,30). The van der Waals surface area contributed by atoms with Crippen LogP contribution < -0.4 is 10.2 Å². The topological polar surface area (TPSA) is 35.6 Å². The highest BCUT2D eigenvalue weighted by Crippen LogP contribution is 2.19. The molecule has 2 aromatic rings. The summed E-state index contributed by atoms with van der Waals surface area (Å²) in [5.41, 5.74) is 2.55. The van der Waals surface area contributed by atoms with E-state index in [9.17, 15) is 13.6 Å². The predicted molar refractivity (Wildman–Crippen MR) is 117 cm³/mol. The van der Waals surface area contributed by atoms with Gasteiger partial charge in [0.15, 0.2) is 11.6 Å². The van der Waals surface area contributed by atoms with E-state index in [1.165, 1.54) is 12.1 Å². The van der Waals surface area contributed by atoms with Crippen molar-refractivity contribution in [2.45, 2.75) is 52.2 Å². The summed E-state index contributed by atoms with van der Waals surface area (Å²) in [5, 5.41) is 3.13. The van der Waals surface area contributed by atoms with Gasteiger partial charge in [0.05, 0.1) is 0 Å². The van der Waals surface area contributed by atoms with Crippen molar-refractivity contribution >= 4 is 11.6 Å². The Labute approximate surface area is 177 Å². The lowest BCUT2D eigenvalue weighted by molar-refractivity contribution is 0.0909. The number of benzene rings is 2. The van der Waals surface area contributed by atoms with Gasteiger partial charge < -0.3 is 10.2 Å². The Bertz CT molecular complexity index is 846. The molecule has 0 spiro atoms. The number of rotatable bonds is 7. The average Bonchev–Trinajstić information content (AvgIpc) is 2.73. The first kappa shape index (κ1) is 22.2. The first-order valence-electron chi connectivity index (χ1n) is 10.7. The summed E-state index contributed by atoms with van der Waals surface area (Å²) < 4.78 is 26.5. The number of anilines is 1. The number of hydrogen-bond donors (Lipinski definition) is 1. The molecule has 3 rings (SSSR count). The number of halogens is 2. The fraction of sp³-hybridized carbons (Fsp3) is 0.458. The zero-order valence-electron chi connectivity index (χ0n) is 18.0. The molecule has 30 heavy (non-hydrogen) atoms. The molecule has 1 aliphatic heterocycles. The molecule has 1 fully saturated rings. The van der Waals surface area contributed by atoms with Crippen molar-refractivity contribution in [1.82, 2.24) is 10.2 Å². The number of hydrogen-bond acceptors (Lipinski definition) is 3. The van der Waals surface area contributed by atoms with Gasteiger partial charge in [0.1, 0.15) is 0 Å². The molecule has 0 aromatic heterocycles. The van der Waals surface area contributed by atoms with E-state index >= 15 is 0 Å². The van der Waals surface area contributed by atoms with E-state index in [1.54, 1.807) is 6.07 Å². The van der Waals surface area contributed by atoms with E-state index in [0.717, 1.165) is 43.7 Å². The fourth-order valence-electron chi connectivity index (χ4n) is 4.05. The summed E-state index contributed by atoms with van der Waals surface area (Å²) in [6, 6.07) is 12.4. The molecule has 0 saturated carbocycles. The maximum atomic E-state index is 13.4. The van der Waals surface area contributed by atoms with Crippen LogP contribution in [-0.4, -0.2) is 42.5 Å². The highest BCUT2D eigenvalue weighted by Gasteiger charge is 2.21. The molecule has 162 valence electrons. The van der Waals surface area contributed by atoms with Gasteiger partial charge in [-0.05, 0) is 75.6 Å². The lowest BCUT2D eigenvalue weighted by Gasteiger charge is -2.32. The van der Waals surface area contributed by atoms with Crippen molar-refractivity contribution in [3.8, 4) is 0 Å². The van der Waals surface area contributed by atoms with Crippen molar-refractivity contribution in [1.29, 1.82) is 0 Å². The van der Waals surface area contributed by atoms with Crippen LogP contribution in [0.3, 0.4) is 0 Å². The Morgan fingerprint density at radius 1 is 1.10 bits per heavy atom. The second-order valence-electron chi connectivity index (χ2n) is 8.20. The minimum absolute atomic E-state index is 0.0480. The lowest BCUT2D eigenvalue weighted by Crippen LogP contribution is -2.44. The summed E-state index contributed by atoms with van der Waals surface area (Å²) in [6.45, 7) is 9.56. The van der Waals surface area contributed by atoms with Gasteiger partial charge in [-0.15, -0.1) is 0 Å². The highest BCUT2D eigenvalue weighted by molar-refractivity contribution is 5.94. The van der Waals surface area contributed by atoms with E-state index in [0.29, 0.717) is 18.2 Å². The van der Waals surface area contributed by atoms with E-state index in [1.807, 2.05) is 24.3 Å². The second kappa shape index (κ2) is 10.0. The molecule has 0 bridgehead atoms. The number of carbonyl (C=O) groups is 1. The smallest absolute Gasteiger partial charge is 0.251 e. The third kappa shape index (κ3) is 5.57. The Balaban J connectivity index is 1.49. The zero-order valence-corrected chi connectivity index (χ0v) is 18.0. The molecule has 0 atom stereocenters. The summed E-state index contributed by atoms with van der Waals surface area (Å²) in [6.07, 6.45) is 1.68. The number of carbonyl (C=O) groups excluding carboxylic acids is 1. The summed E-state index contributed by atoms with van der Waals surface area (Å²) in [5.74, 6) is -1.68. The first-order chi connectivity index (χ1) is 14.4. The summed E-state index contributed by atoms with van der Waals surface area (Å²) in [4.78, 5) is 17.1. The molecule has 0 aliphatic carbocycles. The van der Waals surface area contributed by atoms with Crippen LogP contribution in [0.25, 0.3) is 0 Å². The Morgan fingerprint density at radius 3 is 2.33 bits per heavy atom. The molecular formula is C24H31F2N3O. The molecule has 1 amide bonds. The zero-order chi connectivity index (χ0) is 21.7. The SMILES string of the molecule is CCN(c1ccc(C(=O)NC2CCN(Cc3ccc(F)c(F)c3)CC2)cc1)C(C)C. The van der Waals surface area contributed by atoms with Crippen LogP contribution in [0.1, 0.15) is 49.5 Å². The molecule has 0 unspecified atom stereocenters. The van der Waals surface area contributed by atoms with Crippen LogP contribution in [0.15, 0.2) is 42.5 Å². The van der Waals surface area contributed by atoms with Crippen LogP contribution >= 0.6 is 0 Å². The van der Waals surface area contributed by atoms with Gasteiger partial charge >= 0.3 is 0 Å². The molecule has 6 heteroatoms. The van der Waals surface area contributed by atoms with Gasteiger partial charge in [-0.2, -0.15) is 0 Å². The predicted octanol–water partition coefficient (Wildman–Crippen LogP) is 4.59. The molecular weight excluding hydrogens is 384 g/mol. The quantitative estimate of drug-likeness (QED) is 0.718. The summed E-state index contributed by atoms with van der Waals surface area (Å²) in [7, 11) is 0.